The summed E-state index contributed by atoms with van der Waals surface area (Å²) < 4.78 is 10.2. The van der Waals surface area contributed by atoms with Crippen LogP contribution in [0.1, 0.15) is 19.4 Å². The van der Waals surface area contributed by atoms with Crippen molar-refractivity contribution in [3.8, 4) is 5.75 Å². The lowest BCUT2D eigenvalue weighted by Gasteiger charge is -2.13. The molecule has 0 saturated carbocycles. The Morgan fingerprint density at radius 2 is 2.17 bits per heavy atom. The van der Waals surface area contributed by atoms with E-state index >= 15 is 0 Å². The highest BCUT2D eigenvalue weighted by molar-refractivity contribution is 5.66. The normalized spacial score (nSPS) is 11.7. The lowest BCUT2D eigenvalue weighted by Crippen LogP contribution is -2.20. The summed E-state index contributed by atoms with van der Waals surface area (Å²) in [5, 5.41) is 10.8. The summed E-state index contributed by atoms with van der Waals surface area (Å²) in [4.78, 5) is 21.0. The smallest absolute Gasteiger partial charge is 0.310 e. The van der Waals surface area contributed by atoms with Crippen LogP contribution >= 0.6 is 0 Å². The van der Waals surface area contributed by atoms with Crippen molar-refractivity contribution in [3.05, 3.63) is 33.9 Å². The van der Waals surface area contributed by atoms with Gasteiger partial charge in [-0.2, -0.15) is 0 Å². The van der Waals surface area contributed by atoms with Crippen molar-refractivity contribution in [3.63, 3.8) is 0 Å². The first-order chi connectivity index (χ1) is 8.40. The van der Waals surface area contributed by atoms with Gasteiger partial charge in [0, 0.05) is 13.0 Å². The van der Waals surface area contributed by atoms with Gasteiger partial charge in [0.2, 0.25) is 0 Å². The van der Waals surface area contributed by atoms with E-state index in [9.17, 15) is 14.9 Å². The topological polar surface area (TPSA) is 78.7 Å². The number of carbonyl (C=O) groups is 1. The number of aryl methyl sites for hydroxylation is 1. The van der Waals surface area contributed by atoms with Gasteiger partial charge in [0.1, 0.15) is 12.7 Å². The van der Waals surface area contributed by atoms with E-state index in [4.69, 9.17) is 9.47 Å². The summed E-state index contributed by atoms with van der Waals surface area (Å²) in [5.74, 6) is -0.233. The summed E-state index contributed by atoms with van der Waals surface area (Å²) in [5.41, 5.74) is 0.756. The number of hydrogen-bond acceptors (Lipinski definition) is 5. The van der Waals surface area contributed by atoms with Crippen LogP contribution < -0.4 is 4.74 Å². The predicted molar refractivity (Wildman–Crippen MR) is 64.6 cm³/mol. The maximum absolute atomic E-state index is 10.8. The first kappa shape index (κ1) is 14.0. The molecule has 0 aliphatic rings. The van der Waals surface area contributed by atoms with Crippen LogP contribution in [0.2, 0.25) is 0 Å². The molecule has 0 aliphatic heterocycles. The molecule has 1 unspecified atom stereocenters. The number of nitro groups is 1. The molecule has 0 N–H and O–H groups in total. The van der Waals surface area contributed by atoms with E-state index in [2.05, 4.69) is 0 Å². The quantitative estimate of drug-likeness (QED) is 0.456. The van der Waals surface area contributed by atoms with Gasteiger partial charge in [-0.25, -0.2) is 0 Å². The molecule has 0 bridgehead atoms. The van der Waals surface area contributed by atoms with Crippen molar-refractivity contribution in [2.24, 2.45) is 0 Å². The van der Waals surface area contributed by atoms with Gasteiger partial charge >= 0.3 is 11.7 Å². The zero-order chi connectivity index (χ0) is 13.7. The number of benzene rings is 1. The third-order valence-corrected chi connectivity index (χ3v) is 2.15. The monoisotopic (exact) mass is 253 g/mol. The fourth-order valence-corrected chi connectivity index (χ4v) is 1.41. The molecule has 0 amide bonds. The molecule has 1 aromatic rings. The van der Waals surface area contributed by atoms with Gasteiger partial charge in [-0.3, -0.25) is 14.9 Å². The third-order valence-electron chi connectivity index (χ3n) is 2.15. The van der Waals surface area contributed by atoms with Crippen LogP contribution in [0.4, 0.5) is 5.69 Å². The lowest BCUT2D eigenvalue weighted by molar-refractivity contribution is -0.385. The Bertz CT molecular complexity index is 458. The van der Waals surface area contributed by atoms with E-state index in [1.54, 1.807) is 19.1 Å². The molecule has 1 rings (SSSR count). The number of carbonyl (C=O) groups excluding carboxylic acids is 1. The largest absolute Gasteiger partial charge is 0.483 e. The van der Waals surface area contributed by atoms with Crippen LogP contribution in [0.5, 0.6) is 5.75 Å². The van der Waals surface area contributed by atoms with E-state index < -0.39 is 17.0 Å². The molecule has 6 nitrogen and oxygen atoms in total. The molecular weight excluding hydrogens is 238 g/mol. The highest BCUT2D eigenvalue weighted by Gasteiger charge is 2.16. The van der Waals surface area contributed by atoms with Crippen LogP contribution in [0.3, 0.4) is 0 Å². The third kappa shape index (κ3) is 4.04. The summed E-state index contributed by atoms with van der Waals surface area (Å²) in [6.07, 6.45) is -0.456. The molecule has 18 heavy (non-hydrogen) atoms. The maximum atomic E-state index is 10.8. The summed E-state index contributed by atoms with van der Waals surface area (Å²) in [6, 6.07) is 4.61. The zero-order valence-electron chi connectivity index (χ0n) is 10.5. The number of esters is 1. The standard InChI is InChI=1S/C12H15NO5/c1-8-4-5-11(13(15)16)12(6-8)17-7-9(2)18-10(3)14/h4-6,9H,7H2,1-3H3. The summed E-state index contributed by atoms with van der Waals surface area (Å²) >= 11 is 0. The number of hydrogen-bond donors (Lipinski definition) is 0. The van der Waals surface area contributed by atoms with Crippen molar-refractivity contribution in [1.82, 2.24) is 0 Å². The van der Waals surface area contributed by atoms with Crippen LogP contribution in [0.15, 0.2) is 18.2 Å². The molecule has 0 spiro atoms. The highest BCUT2D eigenvalue weighted by Crippen LogP contribution is 2.27. The van der Waals surface area contributed by atoms with Gasteiger partial charge in [-0.1, -0.05) is 6.07 Å². The second-order valence-electron chi connectivity index (χ2n) is 3.96. The Labute approximate surface area is 105 Å². The Morgan fingerprint density at radius 3 is 2.72 bits per heavy atom. The Hall–Kier alpha value is -2.11. The minimum atomic E-state index is -0.509. The molecule has 0 saturated heterocycles. The van der Waals surface area contributed by atoms with Crippen LogP contribution in [0.25, 0.3) is 0 Å². The maximum Gasteiger partial charge on any atom is 0.310 e. The lowest BCUT2D eigenvalue weighted by atomic mass is 10.2. The minimum absolute atomic E-state index is 0.0733. The first-order valence-corrected chi connectivity index (χ1v) is 5.45. The van der Waals surface area contributed by atoms with Crippen molar-refractivity contribution >= 4 is 11.7 Å². The molecule has 0 aliphatic carbocycles. The molecule has 0 heterocycles. The number of rotatable bonds is 5. The highest BCUT2D eigenvalue weighted by atomic mass is 16.6. The SMILES string of the molecule is CC(=O)OC(C)COc1cc(C)ccc1[N+](=O)[O-]. The summed E-state index contributed by atoms with van der Waals surface area (Å²) in [7, 11) is 0. The molecule has 1 aromatic carbocycles. The van der Waals surface area contributed by atoms with Crippen LogP contribution in [0, 0.1) is 17.0 Å². The molecule has 6 heteroatoms. The van der Waals surface area contributed by atoms with E-state index in [-0.39, 0.29) is 18.0 Å². The van der Waals surface area contributed by atoms with Crippen molar-refractivity contribution in [1.29, 1.82) is 0 Å². The second-order valence-corrected chi connectivity index (χ2v) is 3.96. The Kier molecular flexibility index (Phi) is 4.65. The van der Waals surface area contributed by atoms with Crippen LogP contribution in [-0.4, -0.2) is 23.6 Å². The van der Waals surface area contributed by atoms with Gasteiger partial charge < -0.3 is 9.47 Å². The average Bonchev–Trinajstić information content (AvgIpc) is 2.25. The second kappa shape index (κ2) is 6.00. The van der Waals surface area contributed by atoms with Crippen LogP contribution in [-0.2, 0) is 9.53 Å². The number of nitrogens with zero attached hydrogens (tertiary/aromatic N) is 1. The molecule has 1 atom stereocenters. The van der Waals surface area contributed by atoms with E-state index in [0.717, 1.165) is 5.56 Å². The van der Waals surface area contributed by atoms with E-state index in [0.29, 0.717) is 0 Å². The van der Waals surface area contributed by atoms with Gasteiger partial charge in [0.25, 0.3) is 0 Å². The zero-order valence-corrected chi connectivity index (χ0v) is 10.5. The van der Waals surface area contributed by atoms with Crippen molar-refractivity contribution in [2.45, 2.75) is 26.9 Å². The predicted octanol–water partition coefficient (Wildman–Crippen LogP) is 2.23. The van der Waals surface area contributed by atoms with Gasteiger partial charge in [0.15, 0.2) is 5.75 Å². The molecule has 98 valence electrons. The van der Waals surface area contributed by atoms with Gasteiger partial charge in [-0.05, 0) is 25.5 Å². The first-order valence-electron chi connectivity index (χ1n) is 5.45. The van der Waals surface area contributed by atoms with Crippen molar-refractivity contribution in [2.75, 3.05) is 6.61 Å². The molecule has 0 aromatic heterocycles. The van der Waals surface area contributed by atoms with Crippen molar-refractivity contribution < 1.29 is 19.2 Å². The summed E-state index contributed by atoms with van der Waals surface area (Å²) in [6.45, 7) is 4.84. The Morgan fingerprint density at radius 1 is 1.50 bits per heavy atom. The minimum Gasteiger partial charge on any atom is -0.483 e. The fraction of sp³-hybridized carbons (Fsp3) is 0.417. The Balaban J connectivity index is 2.74. The van der Waals surface area contributed by atoms with Gasteiger partial charge in [0.05, 0.1) is 4.92 Å². The number of ether oxygens (including phenoxy) is 2. The average molecular weight is 253 g/mol. The fourth-order valence-electron chi connectivity index (χ4n) is 1.41. The molecular formula is C12H15NO5. The number of nitro benzene ring substituents is 1. The van der Waals surface area contributed by atoms with Gasteiger partial charge in [-0.15, -0.1) is 0 Å². The molecule has 0 fully saturated rings. The van der Waals surface area contributed by atoms with E-state index in [1.165, 1.54) is 13.0 Å². The van der Waals surface area contributed by atoms with E-state index in [1.807, 2.05) is 6.92 Å². The molecule has 0 radical (unpaired) electrons.